The number of fused-ring (bicyclic) bond motifs is 3. The van der Waals surface area contributed by atoms with Gasteiger partial charge in [-0.2, -0.15) is 0 Å². The van der Waals surface area contributed by atoms with Gasteiger partial charge in [-0.05, 0) is 55.9 Å². The van der Waals surface area contributed by atoms with Crippen LogP contribution in [0, 0.1) is 29.6 Å². The summed E-state index contributed by atoms with van der Waals surface area (Å²) in [7, 11) is 0. The summed E-state index contributed by atoms with van der Waals surface area (Å²) in [5.41, 5.74) is 1.47. The highest BCUT2D eigenvalue weighted by Crippen LogP contribution is 2.49. The first-order valence-corrected chi connectivity index (χ1v) is 11.3. The molecule has 0 aromatic carbocycles. The maximum Gasteiger partial charge on any atom is 0.341 e. The number of hydrogen-bond acceptors (Lipinski definition) is 5. The van der Waals surface area contributed by atoms with Gasteiger partial charge in [-0.1, -0.05) is 25.5 Å². The third-order valence-corrected chi connectivity index (χ3v) is 7.88. The van der Waals surface area contributed by atoms with E-state index in [0.29, 0.717) is 22.9 Å². The molecule has 1 saturated carbocycles. The molecule has 2 bridgehead atoms. The molecular formula is C22H27NO5S. The number of ether oxygens (including phenoxy) is 1. The summed E-state index contributed by atoms with van der Waals surface area (Å²) in [4.78, 5) is 38.7. The van der Waals surface area contributed by atoms with Gasteiger partial charge in [0.1, 0.15) is 5.00 Å². The van der Waals surface area contributed by atoms with E-state index in [0.717, 1.165) is 36.1 Å². The van der Waals surface area contributed by atoms with E-state index in [1.54, 1.807) is 6.92 Å². The van der Waals surface area contributed by atoms with E-state index in [1.807, 2.05) is 12.2 Å². The third-order valence-electron chi connectivity index (χ3n) is 6.71. The summed E-state index contributed by atoms with van der Waals surface area (Å²) in [6.45, 7) is 4.21. The molecule has 5 atom stereocenters. The molecule has 3 aliphatic carbocycles. The standard InChI is InChI=1S/C22H27NO5S/c1-3-11-5-8-14-15(9-11)29-20(18(14)22(27)28-4-2)23-19(24)16-12-6-7-13(10-12)17(16)21(25)26/h6-7,11-13,16-17H,3-5,8-10H2,1-2H3,(H,23,24)(H,25,26)/t11-,12+,13+,16+,17+/m1/s1. The minimum Gasteiger partial charge on any atom is -0.481 e. The fraction of sp³-hybridized carbons (Fsp3) is 0.591. The van der Waals surface area contributed by atoms with Crippen LogP contribution in [-0.4, -0.2) is 29.6 Å². The first kappa shape index (κ1) is 20.1. The van der Waals surface area contributed by atoms with Crippen molar-refractivity contribution in [1.29, 1.82) is 0 Å². The van der Waals surface area contributed by atoms with E-state index >= 15 is 0 Å². The average Bonchev–Trinajstić information content (AvgIpc) is 3.39. The normalized spacial score (nSPS) is 29.5. The van der Waals surface area contributed by atoms with E-state index in [1.165, 1.54) is 11.3 Å². The molecule has 4 rings (SSSR count). The second kappa shape index (κ2) is 7.94. The summed E-state index contributed by atoms with van der Waals surface area (Å²) in [5.74, 6) is -2.47. The monoisotopic (exact) mass is 417 g/mol. The number of anilines is 1. The maximum absolute atomic E-state index is 13.1. The Morgan fingerprint density at radius 3 is 2.59 bits per heavy atom. The molecule has 1 aromatic heterocycles. The lowest BCUT2D eigenvalue weighted by atomic mass is 9.82. The summed E-state index contributed by atoms with van der Waals surface area (Å²) in [6, 6.07) is 0. The number of rotatable bonds is 6. The fourth-order valence-electron chi connectivity index (χ4n) is 5.22. The first-order valence-electron chi connectivity index (χ1n) is 10.5. The van der Waals surface area contributed by atoms with Crippen LogP contribution in [0.2, 0.25) is 0 Å². The van der Waals surface area contributed by atoms with Crippen molar-refractivity contribution < 1.29 is 24.2 Å². The molecule has 0 spiro atoms. The van der Waals surface area contributed by atoms with Crippen LogP contribution in [0.4, 0.5) is 5.00 Å². The predicted molar refractivity (Wildman–Crippen MR) is 110 cm³/mol. The highest BCUT2D eigenvalue weighted by atomic mass is 32.1. The topological polar surface area (TPSA) is 92.7 Å². The van der Waals surface area contributed by atoms with E-state index < -0.39 is 23.8 Å². The number of carboxylic acid groups (broad SMARTS) is 1. The van der Waals surface area contributed by atoms with Crippen molar-refractivity contribution in [2.45, 2.75) is 46.0 Å². The van der Waals surface area contributed by atoms with E-state index in [-0.39, 0.29) is 24.3 Å². The minimum absolute atomic E-state index is 0.0498. The second-order valence-corrected chi connectivity index (χ2v) is 9.38. The highest BCUT2D eigenvalue weighted by molar-refractivity contribution is 7.17. The Bertz CT molecular complexity index is 873. The zero-order valence-corrected chi connectivity index (χ0v) is 17.6. The number of allylic oxidation sites excluding steroid dienone is 2. The number of amides is 1. The van der Waals surface area contributed by atoms with Gasteiger partial charge in [0, 0.05) is 4.88 Å². The number of carbonyl (C=O) groups is 3. The van der Waals surface area contributed by atoms with Crippen LogP contribution >= 0.6 is 11.3 Å². The molecule has 29 heavy (non-hydrogen) atoms. The first-order chi connectivity index (χ1) is 13.9. The van der Waals surface area contributed by atoms with Crippen LogP contribution in [0.5, 0.6) is 0 Å². The zero-order chi connectivity index (χ0) is 20.7. The van der Waals surface area contributed by atoms with Gasteiger partial charge >= 0.3 is 11.9 Å². The van der Waals surface area contributed by atoms with Crippen molar-refractivity contribution in [2.24, 2.45) is 29.6 Å². The van der Waals surface area contributed by atoms with Crippen LogP contribution in [0.25, 0.3) is 0 Å². The molecule has 0 unspecified atom stereocenters. The molecule has 1 fully saturated rings. The van der Waals surface area contributed by atoms with Gasteiger partial charge in [0.25, 0.3) is 0 Å². The van der Waals surface area contributed by atoms with E-state index in [9.17, 15) is 19.5 Å². The van der Waals surface area contributed by atoms with Gasteiger partial charge in [0.15, 0.2) is 0 Å². The van der Waals surface area contributed by atoms with E-state index in [4.69, 9.17) is 4.74 Å². The lowest BCUT2D eigenvalue weighted by Gasteiger charge is -2.23. The molecule has 0 saturated heterocycles. The van der Waals surface area contributed by atoms with Gasteiger partial charge < -0.3 is 15.2 Å². The lowest BCUT2D eigenvalue weighted by Crippen LogP contribution is -2.36. The minimum atomic E-state index is -0.927. The molecule has 3 aliphatic rings. The Balaban J connectivity index is 1.63. The molecule has 6 nitrogen and oxygen atoms in total. The van der Waals surface area contributed by atoms with Crippen molar-refractivity contribution >= 4 is 34.2 Å². The third kappa shape index (κ3) is 3.50. The van der Waals surface area contributed by atoms with Gasteiger partial charge in [0.2, 0.25) is 5.91 Å². The van der Waals surface area contributed by atoms with Gasteiger partial charge in [-0.15, -0.1) is 11.3 Å². The SMILES string of the molecule is CCOC(=O)c1c(NC(=O)[C@@H]2[C@@H](C(=O)O)[C@H]3C=C[C@H]2C3)sc2c1CC[C@@H](CC)C2. The van der Waals surface area contributed by atoms with Crippen LogP contribution in [-0.2, 0) is 27.2 Å². The predicted octanol–water partition coefficient (Wildman–Crippen LogP) is 3.90. The van der Waals surface area contributed by atoms with Crippen LogP contribution in [0.1, 0.15) is 53.9 Å². The number of esters is 1. The Morgan fingerprint density at radius 1 is 1.21 bits per heavy atom. The summed E-state index contributed by atoms with van der Waals surface area (Å²) >= 11 is 1.45. The van der Waals surface area contributed by atoms with Crippen molar-refractivity contribution in [1.82, 2.24) is 0 Å². The Morgan fingerprint density at radius 2 is 1.93 bits per heavy atom. The molecule has 0 radical (unpaired) electrons. The Labute approximate surface area is 174 Å². The van der Waals surface area contributed by atoms with Crippen molar-refractivity contribution in [3.63, 3.8) is 0 Å². The Kier molecular flexibility index (Phi) is 5.51. The number of carboxylic acids is 1. The molecule has 1 aromatic rings. The fourth-order valence-corrected chi connectivity index (χ4v) is 6.57. The van der Waals surface area contributed by atoms with Crippen LogP contribution in [0.3, 0.4) is 0 Å². The quantitative estimate of drug-likeness (QED) is 0.541. The molecule has 7 heteroatoms. The molecule has 1 amide bonds. The molecule has 0 aliphatic heterocycles. The van der Waals surface area contributed by atoms with Crippen molar-refractivity contribution in [3.8, 4) is 0 Å². The van der Waals surface area contributed by atoms with Gasteiger partial charge in [-0.25, -0.2) is 4.79 Å². The lowest BCUT2D eigenvalue weighted by molar-refractivity contribution is -0.146. The summed E-state index contributed by atoms with van der Waals surface area (Å²) < 4.78 is 5.27. The number of nitrogens with one attached hydrogen (secondary N) is 1. The van der Waals surface area contributed by atoms with Gasteiger partial charge in [-0.3, -0.25) is 9.59 Å². The van der Waals surface area contributed by atoms with Crippen molar-refractivity contribution in [2.75, 3.05) is 11.9 Å². The number of thiophene rings is 1. The number of hydrogen-bond donors (Lipinski definition) is 2. The molecule has 156 valence electrons. The van der Waals surface area contributed by atoms with Crippen molar-refractivity contribution in [3.05, 3.63) is 28.2 Å². The average molecular weight is 418 g/mol. The smallest absolute Gasteiger partial charge is 0.341 e. The molecular weight excluding hydrogens is 390 g/mol. The summed E-state index contributed by atoms with van der Waals surface area (Å²) in [5, 5.41) is 13.1. The van der Waals surface area contributed by atoms with E-state index in [2.05, 4.69) is 12.2 Å². The Hall–Kier alpha value is -2.15. The second-order valence-electron chi connectivity index (χ2n) is 8.27. The summed E-state index contributed by atoms with van der Waals surface area (Å²) in [6.07, 6.45) is 8.43. The number of carbonyl (C=O) groups excluding carboxylic acids is 2. The molecule has 1 heterocycles. The largest absolute Gasteiger partial charge is 0.481 e. The maximum atomic E-state index is 13.1. The highest BCUT2D eigenvalue weighted by Gasteiger charge is 2.51. The number of aliphatic carboxylic acids is 1. The van der Waals surface area contributed by atoms with Gasteiger partial charge in [0.05, 0.1) is 24.0 Å². The van der Waals surface area contributed by atoms with Crippen LogP contribution < -0.4 is 5.32 Å². The zero-order valence-electron chi connectivity index (χ0n) is 16.8. The van der Waals surface area contributed by atoms with Crippen LogP contribution in [0.15, 0.2) is 12.2 Å². The molecule has 2 N–H and O–H groups in total.